The fraction of sp³-hybridized carbons (Fsp3) is 0.333. The van der Waals surface area contributed by atoms with Gasteiger partial charge in [-0.2, -0.15) is 0 Å². The molecule has 2 aromatic rings. The van der Waals surface area contributed by atoms with Crippen molar-refractivity contribution in [2.24, 2.45) is 0 Å². The van der Waals surface area contributed by atoms with Crippen molar-refractivity contribution < 1.29 is 0 Å². The molecule has 0 aliphatic carbocycles. The summed E-state index contributed by atoms with van der Waals surface area (Å²) in [6.07, 6.45) is 0. The number of hydrogen-bond donors (Lipinski definition) is 1. The molecule has 1 aromatic carbocycles. The van der Waals surface area contributed by atoms with Crippen LogP contribution in [0.3, 0.4) is 0 Å². The smallest absolute Gasteiger partial charge is 0.161 e. The van der Waals surface area contributed by atoms with Crippen molar-refractivity contribution in [3.05, 3.63) is 40.0 Å². The molecule has 2 rings (SSSR count). The lowest BCUT2D eigenvalue weighted by molar-refractivity contribution is 0.568. The quantitative estimate of drug-likeness (QED) is 0.861. The van der Waals surface area contributed by atoms with Gasteiger partial charge in [0, 0.05) is 21.5 Å². The van der Waals surface area contributed by atoms with Crippen molar-refractivity contribution in [1.82, 2.24) is 9.97 Å². The van der Waals surface area contributed by atoms with E-state index in [1.54, 1.807) is 0 Å². The van der Waals surface area contributed by atoms with E-state index in [1.807, 2.05) is 25.1 Å². The first-order valence-corrected chi connectivity index (χ1v) is 6.98. The van der Waals surface area contributed by atoms with Crippen LogP contribution in [0.15, 0.2) is 28.7 Å². The van der Waals surface area contributed by atoms with Gasteiger partial charge in [-0.25, -0.2) is 9.97 Å². The van der Waals surface area contributed by atoms with E-state index < -0.39 is 0 Å². The molecule has 0 atom stereocenters. The molecule has 0 spiro atoms. The molecule has 1 aromatic heterocycles. The molecule has 3 nitrogen and oxygen atoms in total. The van der Waals surface area contributed by atoms with Gasteiger partial charge in [0.1, 0.15) is 5.82 Å². The largest absolute Gasteiger partial charge is 0.384 e. The molecule has 0 fully saturated rings. The van der Waals surface area contributed by atoms with Gasteiger partial charge in [-0.1, -0.05) is 42.8 Å². The highest BCUT2D eigenvalue weighted by Gasteiger charge is 2.18. The zero-order valence-electron chi connectivity index (χ0n) is 11.7. The maximum absolute atomic E-state index is 5.90. The van der Waals surface area contributed by atoms with Gasteiger partial charge in [-0.15, -0.1) is 0 Å². The summed E-state index contributed by atoms with van der Waals surface area (Å²) in [6, 6.07) is 7.91. The second-order valence-electron chi connectivity index (χ2n) is 5.72. The van der Waals surface area contributed by atoms with Crippen LogP contribution >= 0.6 is 15.9 Å². The molecular weight excluding hydrogens is 302 g/mol. The van der Waals surface area contributed by atoms with Crippen LogP contribution in [-0.2, 0) is 5.41 Å². The van der Waals surface area contributed by atoms with Crippen molar-refractivity contribution in [3.8, 4) is 11.4 Å². The SMILES string of the molecule is Cc1cc(-c2nc(N)cc(C(C)(C)C)n2)ccc1Br. The molecule has 0 aliphatic heterocycles. The first-order chi connectivity index (χ1) is 8.77. The lowest BCUT2D eigenvalue weighted by Crippen LogP contribution is -2.15. The van der Waals surface area contributed by atoms with Crippen molar-refractivity contribution in [2.75, 3.05) is 5.73 Å². The molecule has 0 unspecified atom stereocenters. The Balaban J connectivity index is 2.56. The van der Waals surface area contributed by atoms with Gasteiger partial charge in [-0.3, -0.25) is 0 Å². The Morgan fingerprint density at radius 3 is 2.37 bits per heavy atom. The number of benzene rings is 1. The standard InChI is InChI=1S/C15H18BrN3/c1-9-7-10(5-6-11(9)16)14-18-12(15(2,3)4)8-13(17)19-14/h5-8H,1-4H3,(H2,17,18,19). The highest BCUT2D eigenvalue weighted by atomic mass is 79.9. The molecule has 0 amide bonds. The molecule has 100 valence electrons. The van der Waals surface area contributed by atoms with Crippen LogP contribution in [0.2, 0.25) is 0 Å². The van der Waals surface area contributed by atoms with E-state index in [1.165, 1.54) is 0 Å². The van der Waals surface area contributed by atoms with E-state index >= 15 is 0 Å². The second-order valence-corrected chi connectivity index (χ2v) is 6.57. The molecule has 0 saturated heterocycles. The van der Waals surface area contributed by atoms with Crippen molar-refractivity contribution in [2.45, 2.75) is 33.1 Å². The Kier molecular flexibility index (Phi) is 3.63. The Bertz CT molecular complexity index is 615. The summed E-state index contributed by atoms with van der Waals surface area (Å²) in [5, 5.41) is 0. The normalized spacial score (nSPS) is 11.6. The number of aryl methyl sites for hydroxylation is 1. The van der Waals surface area contributed by atoms with Gasteiger partial charge < -0.3 is 5.73 Å². The third-order valence-electron chi connectivity index (χ3n) is 2.93. The van der Waals surface area contributed by atoms with Gasteiger partial charge in [0.05, 0.1) is 5.69 Å². The Labute approximate surface area is 122 Å². The molecule has 4 heteroatoms. The Morgan fingerprint density at radius 1 is 1.11 bits per heavy atom. The molecule has 0 saturated carbocycles. The van der Waals surface area contributed by atoms with Crippen LogP contribution in [0.25, 0.3) is 11.4 Å². The molecule has 0 radical (unpaired) electrons. The van der Waals surface area contributed by atoms with Crippen LogP contribution in [-0.4, -0.2) is 9.97 Å². The monoisotopic (exact) mass is 319 g/mol. The van der Waals surface area contributed by atoms with E-state index in [4.69, 9.17) is 5.73 Å². The zero-order valence-corrected chi connectivity index (χ0v) is 13.2. The van der Waals surface area contributed by atoms with E-state index in [2.05, 4.69) is 52.7 Å². The van der Waals surface area contributed by atoms with Crippen molar-refractivity contribution in [3.63, 3.8) is 0 Å². The first-order valence-electron chi connectivity index (χ1n) is 6.19. The minimum Gasteiger partial charge on any atom is -0.384 e. The van der Waals surface area contributed by atoms with Crippen LogP contribution in [0.5, 0.6) is 0 Å². The van der Waals surface area contributed by atoms with E-state index in [0.29, 0.717) is 11.6 Å². The minimum absolute atomic E-state index is 0.0454. The van der Waals surface area contributed by atoms with E-state index in [-0.39, 0.29) is 5.41 Å². The number of nitrogens with zero attached hydrogens (tertiary/aromatic N) is 2. The molecular formula is C15H18BrN3. The summed E-state index contributed by atoms with van der Waals surface area (Å²) >= 11 is 3.50. The number of hydrogen-bond acceptors (Lipinski definition) is 3. The first kappa shape index (κ1) is 14.0. The average molecular weight is 320 g/mol. The van der Waals surface area contributed by atoms with Crippen molar-refractivity contribution in [1.29, 1.82) is 0 Å². The molecule has 19 heavy (non-hydrogen) atoms. The summed E-state index contributed by atoms with van der Waals surface area (Å²) < 4.78 is 1.08. The molecule has 2 N–H and O–H groups in total. The summed E-state index contributed by atoms with van der Waals surface area (Å²) in [5.41, 5.74) is 8.95. The average Bonchev–Trinajstić information content (AvgIpc) is 2.31. The van der Waals surface area contributed by atoms with Gasteiger partial charge in [0.25, 0.3) is 0 Å². The third-order valence-corrected chi connectivity index (χ3v) is 3.82. The number of nitrogens with two attached hydrogens (primary N) is 1. The predicted molar refractivity (Wildman–Crippen MR) is 83.0 cm³/mol. The van der Waals surface area contributed by atoms with Crippen LogP contribution in [0.4, 0.5) is 5.82 Å². The Morgan fingerprint density at radius 2 is 1.79 bits per heavy atom. The Hall–Kier alpha value is -1.42. The number of anilines is 1. The van der Waals surface area contributed by atoms with Gasteiger partial charge >= 0.3 is 0 Å². The highest BCUT2D eigenvalue weighted by molar-refractivity contribution is 9.10. The van der Waals surface area contributed by atoms with Gasteiger partial charge in [0.2, 0.25) is 0 Å². The van der Waals surface area contributed by atoms with Crippen LogP contribution in [0, 0.1) is 6.92 Å². The number of rotatable bonds is 1. The van der Waals surface area contributed by atoms with Gasteiger partial charge in [-0.05, 0) is 24.6 Å². The number of halogens is 1. The minimum atomic E-state index is -0.0454. The highest BCUT2D eigenvalue weighted by Crippen LogP contribution is 2.27. The van der Waals surface area contributed by atoms with E-state index in [0.717, 1.165) is 21.3 Å². The summed E-state index contributed by atoms with van der Waals surface area (Å²) in [5.74, 6) is 1.19. The summed E-state index contributed by atoms with van der Waals surface area (Å²) in [6.45, 7) is 8.40. The van der Waals surface area contributed by atoms with Crippen molar-refractivity contribution >= 4 is 21.7 Å². The molecule has 0 aliphatic rings. The lowest BCUT2D eigenvalue weighted by atomic mass is 9.92. The van der Waals surface area contributed by atoms with Gasteiger partial charge in [0.15, 0.2) is 5.82 Å². The predicted octanol–water partition coefficient (Wildman–Crippen LogP) is 4.09. The zero-order chi connectivity index (χ0) is 14.2. The maximum atomic E-state index is 5.90. The number of nitrogen functional groups attached to an aromatic ring is 1. The maximum Gasteiger partial charge on any atom is 0.161 e. The fourth-order valence-corrected chi connectivity index (χ4v) is 2.01. The molecule has 0 bridgehead atoms. The fourth-order valence-electron chi connectivity index (χ4n) is 1.76. The van der Waals surface area contributed by atoms with E-state index in [9.17, 15) is 0 Å². The third kappa shape index (κ3) is 3.13. The molecule has 1 heterocycles. The topological polar surface area (TPSA) is 51.8 Å². The number of aromatic nitrogens is 2. The van der Waals surface area contributed by atoms with Crippen LogP contribution < -0.4 is 5.73 Å². The lowest BCUT2D eigenvalue weighted by Gasteiger charge is -2.18. The summed E-state index contributed by atoms with van der Waals surface area (Å²) in [4.78, 5) is 8.98. The summed E-state index contributed by atoms with van der Waals surface area (Å²) in [7, 11) is 0. The second kappa shape index (κ2) is 4.93. The van der Waals surface area contributed by atoms with Crippen LogP contribution in [0.1, 0.15) is 32.0 Å².